The lowest BCUT2D eigenvalue weighted by Gasteiger charge is -2.13. The molecule has 0 heterocycles. The van der Waals surface area contributed by atoms with Crippen molar-refractivity contribution < 1.29 is 28.5 Å². The molecule has 7 nitrogen and oxygen atoms in total. The molecule has 0 fully saturated rings. The van der Waals surface area contributed by atoms with Gasteiger partial charge in [0.05, 0.1) is 26.4 Å². The summed E-state index contributed by atoms with van der Waals surface area (Å²) in [7, 11) is 3.04. The van der Waals surface area contributed by atoms with Crippen LogP contribution in [0.25, 0.3) is 0 Å². The number of hydrogen-bond donors (Lipinski definition) is 1. The third kappa shape index (κ3) is 7.03. The van der Waals surface area contributed by atoms with Gasteiger partial charge in [0.1, 0.15) is 5.75 Å². The second-order valence-electron chi connectivity index (χ2n) is 6.75. The van der Waals surface area contributed by atoms with E-state index in [9.17, 15) is 9.59 Å². The van der Waals surface area contributed by atoms with E-state index < -0.39 is 18.5 Å². The standard InChI is InChI=1S/C22H27NO6/c1-15(2)10-11-28-19-9-8-16(12-20(19)27-4)22(25)29-14-21(24)23-17-6-5-7-18(13-17)26-3/h5-9,12-13,15H,10-11,14H2,1-4H3,(H,23,24). The molecular formula is C22H27NO6. The second-order valence-corrected chi connectivity index (χ2v) is 6.75. The van der Waals surface area contributed by atoms with Gasteiger partial charge in [-0.1, -0.05) is 19.9 Å². The first-order valence-corrected chi connectivity index (χ1v) is 9.34. The normalized spacial score (nSPS) is 10.4. The number of benzene rings is 2. The van der Waals surface area contributed by atoms with Gasteiger partial charge in [-0.3, -0.25) is 4.79 Å². The number of carbonyl (C=O) groups is 2. The molecule has 0 bridgehead atoms. The van der Waals surface area contributed by atoms with Crippen molar-refractivity contribution in [3.8, 4) is 17.2 Å². The van der Waals surface area contributed by atoms with E-state index in [0.717, 1.165) is 6.42 Å². The monoisotopic (exact) mass is 401 g/mol. The molecule has 0 atom stereocenters. The third-order valence-corrected chi connectivity index (χ3v) is 4.04. The number of rotatable bonds is 10. The lowest BCUT2D eigenvalue weighted by Crippen LogP contribution is -2.21. The number of hydrogen-bond acceptors (Lipinski definition) is 6. The van der Waals surface area contributed by atoms with Crippen molar-refractivity contribution in [2.24, 2.45) is 5.92 Å². The fraction of sp³-hybridized carbons (Fsp3) is 0.364. The first-order chi connectivity index (χ1) is 13.9. The van der Waals surface area contributed by atoms with Crippen molar-refractivity contribution in [3.05, 3.63) is 48.0 Å². The summed E-state index contributed by atoms with van der Waals surface area (Å²) < 4.78 is 21.2. The molecule has 0 unspecified atom stereocenters. The lowest BCUT2D eigenvalue weighted by atomic mass is 10.1. The van der Waals surface area contributed by atoms with Crippen molar-refractivity contribution in [1.82, 2.24) is 0 Å². The number of amides is 1. The fourth-order valence-electron chi connectivity index (χ4n) is 2.43. The van der Waals surface area contributed by atoms with Crippen LogP contribution in [0.4, 0.5) is 5.69 Å². The molecule has 2 aromatic carbocycles. The smallest absolute Gasteiger partial charge is 0.338 e. The van der Waals surface area contributed by atoms with Crippen molar-refractivity contribution >= 4 is 17.6 Å². The van der Waals surface area contributed by atoms with Crippen LogP contribution in [0, 0.1) is 5.92 Å². The Morgan fingerprint density at radius 3 is 2.48 bits per heavy atom. The largest absolute Gasteiger partial charge is 0.497 e. The summed E-state index contributed by atoms with van der Waals surface area (Å²) in [4.78, 5) is 24.3. The van der Waals surface area contributed by atoms with Crippen LogP contribution in [-0.2, 0) is 9.53 Å². The Morgan fingerprint density at radius 1 is 1.00 bits per heavy atom. The zero-order chi connectivity index (χ0) is 21.2. The molecule has 0 aliphatic rings. The van der Waals surface area contributed by atoms with Crippen LogP contribution in [0.2, 0.25) is 0 Å². The zero-order valence-electron chi connectivity index (χ0n) is 17.2. The van der Waals surface area contributed by atoms with E-state index in [4.69, 9.17) is 18.9 Å². The van der Waals surface area contributed by atoms with Gasteiger partial charge in [-0.25, -0.2) is 4.79 Å². The first kappa shape index (κ1) is 22.1. The van der Waals surface area contributed by atoms with Gasteiger partial charge < -0.3 is 24.3 Å². The molecule has 1 N–H and O–H groups in total. The lowest BCUT2D eigenvalue weighted by molar-refractivity contribution is -0.119. The Bertz CT molecular complexity index is 834. The summed E-state index contributed by atoms with van der Waals surface area (Å²) in [5.41, 5.74) is 0.821. The molecule has 0 aliphatic carbocycles. The Morgan fingerprint density at radius 2 is 1.79 bits per heavy atom. The van der Waals surface area contributed by atoms with Crippen LogP contribution in [0.3, 0.4) is 0 Å². The molecule has 0 radical (unpaired) electrons. The van der Waals surface area contributed by atoms with Gasteiger partial charge in [-0.05, 0) is 42.7 Å². The SMILES string of the molecule is COc1cccc(NC(=O)COC(=O)c2ccc(OCCC(C)C)c(OC)c2)c1. The third-order valence-electron chi connectivity index (χ3n) is 4.04. The average molecular weight is 401 g/mol. The number of methoxy groups -OCH3 is 2. The second kappa shape index (κ2) is 10.9. The van der Waals surface area contributed by atoms with E-state index in [0.29, 0.717) is 35.5 Å². The highest BCUT2D eigenvalue weighted by Crippen LogP contribution is 2.28. The van der Waals surface area contributed by atoms with E-state index in [1.165, 1.54) is 20.3 Å². The molecule has 0 spiro atoms. The van der Waals surface area contributed by atoms with Crippen molar-refractivity contribution in [2.75, 3.05) is 32.8 Å². The minimum absolute atomic E-state index is 0.271. The summed E-state index contributed by atoms with van der Waals surface area (Å²) in [6.07, 6.45) is 0.912. The zero-order valence-corrected chi connectivity index (χ0v) is 17.2. The Hall–Kier alpha value is -3.22. The molecule has 2 rings (SSSR count). The van der Waals surface area contributed by atoms with Gasteiger partial charge >= 0.3 is 5.97 Å². The minimum Gasteiger partial charge on any atom is -0.497 e. The highest BCUT2D eigenvalue weighted by Gasteiger charge is 2.14. The van der Waals surface area contributed by atoms with Crippen LogP contribution < -0.4 is 19.5 Å². The average Bonchev–Trinajstić information content (AvgIpc) is 2.72. The van der Waals surface area contributed by atoms with Gasteiger partial charge in [0, 0.05) is 11.8 Å². The molecule has 156 valence electrons. The number of carbonyl (C=O) groups excluding carboxylic acids is 2. The predicted octanol–water partition coefficient (Wildman–Crippen LogP) is 3.92. The summed E-state index contributed by atoms with van der Waals surface area (Å²) in [5.74, 6) is 1.05. The molecule has 29 heavy (non-hydrogen) atoms. The quantitative estimate of drug-likeness (QED) is 0.608. The maximum atomic E-state index is 12.3. The maximum Gasteiger partial charge on any atom is 0.338 e. The summed E-state index contributed by atoms with van der Waals surface area (Å²) in [5, 5.41) is 2.65. The minimum atomic E-state index is -0.627. The number of ether oxygens (including phenoxy) is 4. The van der Waals surface area contributed by atoms with E-state index >= 15 is 0 Å². The fourth-order valence-corrected chi connectivity index (χ4v) is 2.43. The highest BCUT2D eigenvalue weighted by molar-refractivity contribution is 5.95. The number of nitrogens with one attached hydrogen (secondary N) is 1. The van der Waals surface area contributed by atoms with Crippen LogP contribution in [0.1, 0.15) is 30.6 Å². The maximum absolute atomic E-state index is 12.3. The van der Waals surface area contributed by atoms with Gasteiger partial charge in [-0.2, -0.15) is 0 Å². The van der Waals surface area contributed by atoms with Gasteiger partial charge in [0.2, 0.25) is 0 Å². The van der Waals surface area contributed by atoms with Gasteiger partial charge in [0.25, 0.3) is 5.91 Å². The van der Waals surface area contributed by atoms with Crippen LogP contribution in [-0.4, -0.2) is 39.3 Å². The number of esters is 1. The highest BCUT2D eigenvalue weighted by atomic mass is 16.5. The van der Waals surface area contributed by atoms with Crippen molar-refractivity contribution in [1.29, 1.82) is 0 Å². The van der Waals surface area contributed by atoms with E-state index in [1.54, 1.807) is 36.4 Å². The molecule has 1 amide bonds. The van der Waals surface area contributed by atoms with Crippen molar-refractivity contribution in [2.45, 2.75) is 20.3 Å². The molecule has 0 aromatic heterocycles. The van der Waals surface area contributed by atoms with Crippen LogP contribution in [0.15, 0.2) is 42.5 Å². The molecule has 7 heteroatoms. The van der Waals surface area contributed by atoms with E-state index in [1.807, 2.05) is 0 Å². The molecular weight excluding hydrogens is 374 g/mol. The first-order valence-electron chi connectivity index (χ1n) is 9.34. The summed E-state index contributed by atoms with van der Waals surface area (Å²) in [6, 6.07) is 11.7. The Labute approximate surface area is 170 Å². The number of anilines is 1. The summed E-state index contributed by atoms with van der Waals surface area (Å²) >= 11 is 0. The topological polar surface area (TPSA) is 83.1 Å². The molecule has 0 saturated carbocycles. The molecule has 0 aliphatic heterocycles. The Balaban J connectivity index is 1.91. The van der Waals surface area contributed by atoms with E-state index in [2.05, 4.69) is 19.2 Å². The van der Waals surface area contributed by atoms with E-state index in [-0.39, 0.29) is 5.56 Å². The molecule has 0 saturated heterocycles. The van der Waals surface area contributed by atoms with Crippen molar-refractivity contribution in [3.63, 3.8) is 0 Å². The summed E-state index contributed by atoms with van der Waals surface area (Å²) in [6.45, 7) is 4.38. The van der Waals surface area contributed by atoms with Crippen LogP contribution >= 0.6 is 0 Å². The Kier molecular flexibility index (Phi) is 8.33. The predicted molar refractivity (Wildman–Crippen MR) is 110 cm³/mol. The molecule has 2 aromatic rings. The van der Waals surface area contributed by atoms with Crippen LogP contribution in [0.5, 0.6) is 17.2 Å². The van der Waals surface area contributed by atoms with Gasteiger partial charge in [0.15, 0.2) is 18.1 Å². The van der Waals surface area contributed by atoms with Gasteiger partial charge in [-0.15, -0.1) is 0 Å².